The van der Waals surface area contributed by atoms with Gasteiger partial charge in [-0.15, -0.1) is 0 Å². The van der Waals surface area contributed by atoms with Gasteiger partial charge in [-0.05, 0) is 46.5 Å². The zero-order valence-electron chi connectivity index (χ0n) is 27.2. The van der Waals surface area contributed by atoms with E-state index >= 15 is 0 Å². The molecule has 45 heavy (non-hydrogen) atoms. The van der Waals surface area contributed by atoms with Crippen molar-refractivity contribution >= 4 is 30.9 Å². The third kappa shape index (κ3) is 6.54. The maximum absolute atomic E-state index is 9.96. The van der Waals surface area contributed by atoms with Crippen LogP contribution in [0.5, 0.6) is 11.5 Å². The second-order valence-electron chi connectivity index (χ2n) is 12.0. The summed E-state index contributed by atoms with van der Waals surface area (Å²) < 4.78 is 25.7. The lowest BCUT2D eigenvalue weighted by Crippen LogP contribution is -2.36. The molecule has 6 nitrogen and oxygen atoms in total. The molecule has 0 fully saturated rings. The monoisotopic (exact) mass is 642 g/mol. The van der Waals surface area contributed by atoms with Gasteiger partial charge in [0.1, 0.15) is 11.5 Å². The maximum atomic E-state index is 9.96. The van der Waals surface area contributed by atoms with Crippen molar-refractivity contribution in [3.05, 3.63) is 107 Å². The molecule has 0 saturated heterocycles. The van der Waals surface area contributed by atoms with Crippen LogP contribution in [0.2, 0.25) is 0 Å². The molecule has 4 atom stereocenters. The van der Waals surface area contributed by atoms with E-state index in [1.54, 1.807) is 13.8 Å². The Balaban J connectivity index is 1.81. The van der Waals surface area contributed by atoms with Gasteiger partial charge in [0.05, 0.1) is 30.8 Å². The van der Waals surface area contributed by atoms with Gasteiger partial charge in [0.15, 0.2) is 12.6 Å². The summed E-state index contributed by atoms with van der Waals surface area (Å²) in [5.74, 6) is 1.63. The van der Waals surface area contributed by atoms with E-state index in [1.165, 1.54) is 11.1 Å². The number of rotatable bonds is 14. The predicted octanol–water partition coefficient (Wildman–Crippen LogP) is 3.06. The van der Waals surface area contributed by atoms with Crippen LogP contribution in [0.4, 0.5) is 0 Å². The average molecular weight is 643 g/mol. The van der Waals surface area contributed by atoms with Crippen LogP contribution in [0.1, 0.15) is 62.8 Å². The van der Waals surface area contributed by atoms with E-state index in [0.717, 1.165) is 64.6 Å². The molecule has 0 aliphatic heterocycles. The van der Waals surface area contributed by atoms with Crippen LogP contribution in [0.25, 0.3) is 11.1 Å². The molecule has 0 aromatic heterocycles. The van der Waals surface area contributed by atoms with Gasteiger partial charge in [0.2, 0.25) is 0 Å². The lowest BCUT2D eigenvalue weighted by atomic mass is 9.67. The molecule has 0 heterocycles. The third-order valence-corrected chi connectivity index (χ3v) is 9.97. The smallest absolute Gasteiger partial charge is 0.199 e. The summed E-state index contributed by atoms with van der Waals surface area (Å²) in [6, 6.07) is 30.1. The molecule has 2 N–H and O–H groups in total. The standard InChI is InChI=1S/C37H46O6Si2/c1-5-33(40-21-23(3)38)42-35-29(17-11-19-31(35)44)37(27-15-9-7-13-25(27)26-14-8-10-16-28(26)37)30-18-12-20-32(45)36(30)43-34(6-2)41-22-24(4)39/h7-20,23-24,33-34,38-39H,5-6,21-22H2,1-4,44-45H3. The molecule has 1 aliphatic carbocycles. The van der Waals surface area contributed by atoms with Gasteiger partial charge in [0.25, 0.3) is 0 Å². The van der Waals surface area contributed by atoms with Crippen LogP contribution >= 0.6 is 0 Å². The summed E-state index contributed by atoms with van der Waals surface area (Å²) in [5, 5.41) is 22.2. The second-order valence-corrected chi connectivity index (χ2v) is 14.2. The lowest BCUT2D eigenvalue weighted by molar-refractivity contribution is -0.104. The minimum atomic E-state index is -0.760. The first kappa shape index (κ1) is 33.1. The van der Waals surface area contributed by atoms with E-state index in [2.05, 4.69) is 84.9 Å². The molecule has 0 bridgehead atoms. The molecule has 0 amide bonds. The van der Waals surface area contributed by atoms with Crippen molar-refractivity contribution < 1.29 is 29.2 Å². The highest BCUT2D eigenvalue weighted by atomic mass is 28.1. The third-order valence-electron chi connectivity index (χ3n) is 8.40. The predicted molar refractivity (Wildman–Crippen MR) is 188 cm³/mol. The summed E-state index contributed by atoms with van der Waals surface area (Å²) >= 11 is 0. The fraction of sp³-hybridized carbons (Fsp3) is 0.351. The lowest BCUT2D eigenvalue weighted by Gasteiger charge is -2.38. The Kier molecular flexibility index (Phi) is 10.6. The number of hydrogen-bond acceptors (Lipinski definition) is 6. The Labute approximate surface area is 273 Å². The summed E-state index contributed by atoms with van der Waals surface area (Å²) in [4.78, 5) is 0. The van der Waals surface area contributed by atoms with Crippen molar-refractivity contribution in [2.75, 3.05) is 13.2 Å². The molecule has 0 saturated carbocycles. The highest BCUT2D eigenvalue weighted by Crippen LogP contribution is 2.59. The van der Waals surface area contributed by atoms with Gasteiger partial charge in [-0.25, -0.2) is 0 Å². The summed E-state index contributed by atoms with van der Waals surface area (Å²) in [6.45, 7) is 7.90. The molecule has 0 spiro atoms. The number of aliphatic hydroxyl groups is 2. The summed E-state index contributed by atoms with van der Waals surface area (Å²) in [6.07, 6.45) is -0.955. The minimum Gasteiger partial charge on any atom is -0.465 e. The largest absolute Gasteiger partial charge is 0.465 e. The SMILES string of the molecule is CCC(OCC(C)O)Oc1c([SiH3])cccc1C1(c2cccc([SiH3])c2OC(CC)OCC(C)O)c2ccccc2-c2ccccc21. The fourth-order valence-electron chi connectivity index (χ4n) is 6.40. The molecule has 5 rings (SSSR count). The van der Waals surface area contributed by atoms with Crippen molar-refractivity contribution in [1.82, 2.24) is 0 Å². The van der Waals surface area contributed by atoms with Crippen LogP contribution in [0.15, 0.2) is 84.9 Å². The van der Waals surface area contributed by atoms with Crippen molar-refractivity contribution in [3.8, 4) is 22.6 Å². The van der Waals surface area contributed by atoms with Gasteiger partial charge in [-0.3, -0.25) is 0 Å². The number of benzene rings is 4. The maximum Gasteiger partial charge on any atom is 0.199 e. The number of para-hydroxylation sites is 2. The molecule has 0 radical (unpaired) electrons. The van der Waals surface area contributed by atoms with Crippen LogP contribution in [-0.2, 0) is 14.9 Å². The summed E-state index contributed by atoms with van der Waals surface area (Å²) in [7, 11) is 1.53. The molecular formula is C37H46O6Si2. The van der Waals surface area contributed by atoms with Gasteiger partial charge >= 0.3 is 0 Å². The molecule has 4 aromatic rings. The Morgan fingerprint density at radius 3 is 1.33 bits per heavy atom. The van der Waals surface area contributed by atoms with Crippen LogP contribution in [0, 0.1) is 0 Å². The second kappa shape index (κ2) is 14.5. The summed E-state index contributed by atoms with van der Waals surface area (Å²) in [5.41, 5.74) is 5.98. The normalized spacial score (nSPS) is 16.0. The van der Waals surface area contributed by atoms with E-state index in [0.29, 0.717) is 12.8 Å². The van der Waals surface area contributed by atoms with Gasteiger partial charge < -0.3 is 29.2 Å². The van der Waals surface area contributed by atoms with E-state index in [4.69, 9.17) is 18.9 Å². The first-order valence-electron chi connectivity index (χ1n) is 16.0. The van der Waals surface area contributed by atoms with E-state index < -0.39 is 30.2 Å². The van der Waals surface area contributed by atoms with Crippen LogP contribution < -0.4 is 19.8 Å². The van der Waals surface area contributed by atoms with Crippen LogP contribution in [0.3, 0.4) is 0 Å². The van der Waals surface area contributed by atoms with Crippen molar-refractivity contribution in [1.29, 1.82) is 0 Å². The Bertz CT molecular complexity index is 1480. The minimum absolute atomic E-state index is 0.194. The zero-order chi connectivity index (χ0) is 32.1. The molecule has 8 heteroatoms. The number of hydrogen-bond donors (Lipinski definition) is 2. The Morgan fingerprint density at radius 2 is 0.956 bits per heavy atom. The Morgan fingerprint density at radius 1 is 0.578 bits per heavy atom. The van der Waals surface area contributed by atoms with E-state index in [9.17, 15) is 10.2 Å². The van der Waals surface area contributed by atoms with E-state index in [-0.39, 0.29) is 13.2 Å². The highest BCUT2D eigenvalue weighted by molar-refractivity contribution is 6.35. The van der Waals surface area contributed by atoms with E-state index in [1.807, 2.05) is 13.8 Å². The molecule has 4 aromatic carbocycles. The quantitative estimate of drug-likeness (QED) is 0.143. The van der Waals surface area contributed by atoms with Crippen molar-refractivity contribution in [2.45, 2.75) is 70.7 Å². The topological polar surface area (TPSA) is 77.4 Å². The van der Waals surface area contributed by atoms with Crippen LogP contribution in [-0.4, -0.2) is 68.7 Å². The molecular weight excluding hydrogens is 597 g/mol. The number of fused-ring (bicyclic) bond motifs is 3. The average Bonchev–Trinajstić information content (AvgIpc) is 3.33. The van der Waals surface area contributed by atoms with Gasteiger partial charge in [0, 0.05) is 44.5 Å². The number of ether oxygens (including phenoxy) is 4. The highest BCUT2D eigenvalue weighted by Gasteiger charge is 2.49. The molecule has 238 valence electrons. The fourth-order valence-corrected chi connectivity index (χ4v) is 7.55. The van der Waals surface area contributed by atoms with Gasteiger partial charge in [-0.1, -0.05) is 98.8 Å². The Hall–Kier alpha value is -3.25. The number of aliphatic hydroxyl groups excluding tert-OH is 2. The van der Waals surface area contributed by atoms with Crippen molar-refractivity contribution in [3.63, 3.8) is 0 Å². The zero-order valence-corrected chi connectivity index (χ0v) is 31.2. The first-order valence-corrected chi connectivity index (χ1v) is 18.0. The van der Waals surface area contributed by atoms with Gasteiger partial charge in [-0.2, -0.15) is 0 Å². The van der Waals surface area contributed by atoms with Crippen molar-refractivity contribution in [2.24, 2.45) is 0 Å². The molecule has 1 aliphatic rings. The molecule has 4 unspecified atom stereocenters. The first-order chi connectivity index (χ1) is 21.7.